The molecule has 0 amide bonds. The van der Waals surface area contributed by atoms with Gasteiger partial charge in [0.15, 0.2) is 9.84 Å². The molecule has 5 heteroatoms. The number of rotatable bonds is 5. The molecule has 0 fully saturated rings. The van der Waals surface area contributed by atoms with Gasteiger partial charge in [0.05, 0.1) is 10.6 Å². The Labute approximate surface area is 156 Å². The van der Waals surface area contributed by atoms with Crippen LogP contribution < -0.4 is 0 Å². The lowest BCUT2D eigenvalue weighted by Crippen LogP contribution is -2.12. The van der Waals surface area contributed by atoms with Crippen LogP contribution in [0.1, 0.15) is 45.2 Å². The van der Waals surface area contributed by atoms with Gasteiger partial charge in [0.1, 0.15) is 0 Å². The first-order valence-corrected chi connectivity index (χ1v) is 10.2. The highest BCUT2D eigenvalue weighted by molar-refractivity contribution is 7.91. The zero-order chi connectivity index (χ0) is 19.8. The normalized spacial score (nSPS) is 11.4. The van der Waals surface area contributed by atoms with Crippen molar-refractivity contribution in [1.29, 1.82) is 0 Å². The molecule has 0 aromatic heterocycles. The van der Waals surface area contributed by atoms with Crippen LogP contribution in [0.25, 0.3) is 0 Å². The molecule has 26 heavy (non-hydrogen) atoms. The maximum Gasteiger partial charge on any atom is 0.300 e. The average molecular weight is 377 g/mol. The van der Waals surface area contributed by atoms with Crippen molar-refractivity contribution in [1.82, 2.24) is 0 Å². The van der Waals surface area contributed by atoms with E-state index in [1.165, 1.54) is 5.56 Å². The van der Waals surface area contributed by atoms with E-state index < -0.39 is 15.8 Å². The lowest BCUT2D eigenvalue weighted by molar-refractivity contribution is -0.134. The Hall–Kier alpha value is -2.14. The quantitative estimate of drug-likeness (QED) is 0.835. The molecule has 0 spiro atoms. The molecular formula is C21H28O4S. The molecule has 0 saturated heterocycles. The first-order valence-electron chi connectivity index (χ1n) is 8.59. The number of aliphatic carboxylic acids is 1. The highest BCUT2D eigenvalue weighted by atomic mass is 32.2. The van der Waals surface area contributed by atoms with Crippen molar-refractivity contribution in [2.24, 2.45) is 0 Å². The fourth-order valence-electron chi connectivity index (χ4n) is 2.39. The van der Waals surface area contributed by atoms with Crippen LogP contribution in [-0.4, -0.2) is 25.2 Å². The summed E-state index contributed by atoms with van der Waals surface area (Å²) >= 11 is 0. The lowest BCUT2D eigenvalue weighted by atomic mass is 9.87. The van der Waals surface area contributed by atoms with E-state index in [9.17, 15) is 8.42 Å². The maximum atomic E-state index is 12.4. The molecule has 0 unspecified atom stereocenters. The van der Waals surface area contributed by atoms with Crippen LogP contribution in [0.15, 0.2) is 59.5 Å². The highest BCUT2D eigenvalue weighted by Gasteiger charge is 2.17. The van der Waals surface area contributed by atoms with Crippen molar-refractivity contribution in [3.8, 4) is 0 Å². The largest absolute Gasteiger partial charge is 0.481 e. The number of hydrogen-bond acceptors (Lipinski definition) is 3. The van der Waals surface area contributed by atoms with Gasteiger partial charge < -0.3 is 5.11 Å². The Kier molecular flexibility index (Phi) is 8.03. The van der Waals surface area contributed by atoms with E-state index >= 15 is 0 Å². The Morgan fingerprint density at radius 3 is 1.92 bits per heavy atom. The molecule has 0 aliphatic carbocycles. The third kappa shape index (κ3) is 7.83. The molecule has 0 radical (unpaired) electrons. The van der Waals surface area contributed by atoms with Crippen LogP contribution in [0, 0.1) is 0 Å². The van der Waals surface area contributed by atoms with Crippen molar-refractivity contribution in [2.75, 3.05) is 5.75 Å². The number of carbonyl (C=O) groups is 1. The molecule has 4 nitrogen and oxygen atoms in total. The first kappa shape index (κ1) is 21.9. The highest BCUT2D eigenvalue weighted by Crippen LogP contribution is 2.24. The van der Waals surface area contributed by atoms with Gasteiger partial charge in [-0.2, -0.15) is 0 Å². The number of aryl methyl sites for hydroxylation is 1. The van der Waals surface area contributed by atoms with E-state index in [1.54, 1.807) is 12.1 Å². The van der Waals surface area contributed by atoms with E-state index in [4.69, 9.17) is 9.90 Å². The summed E-state index contributed by atoms with van der Waals surface area (Å²) in [6, 6.07) is 17.3. The third-order valence-corrected chi connectivity index (χ3v) is 5.62. The Bertz CT molecular complexity index is 782. The maximum absolute atomic E-state index is 12.4. The summed E-state index contributed by atoms with van der Waals surface area (Å²) < 4.78 is 24.8. The van der Waals surface area contributed by atoms with E-state index in [-0.39, 0.29) is 11.2 Å². The second-order valence-electron chi connectivity index (χ2n) is 7.20. The zero-order valence-electron chi connectivity index (χ0n) is 15.9. The standard InChI is InChI=1S/C19H24O2S.C2H4O2/c1-19(2,3)17-11-13-18(14-12-17)22(20,21)15-7-10-16-8-5-4-6-9-16;1-2(3)4/h4-6,8-9,11-14H,7,10,15H2,1-3H3;1H3,(H,3,4). The van der Waals surface area contributed by atoms with Crippen molar-refractivity contribution in [2.45, 2.75) is 50.8 Å². The van der Waals surface area contributed by atoms with Crippen molar-refractivity contribution in [3.05, 3.63) is 65.7 Å². The number of carboxylic acids is 1. The van der Waals surface area contributed by atoms with Gasteiger partial charge in [-0.3, -0.25) is 4.79 Å². The molecule has 0 heterocycles. The lowest BCUT2D eigenvalue weighted by Gasteiger charge is -2.19. The summed E-state index contributed by atoms with van der Waals surface area (Å²) in [5, 5.41) is 7.42. The molecule has 2 aromatic carbocycles. The molecule has 2 rings (SSSR count). The summed E-state index contributed by atoms with van der Waals surface area (Å²) in [5.41, 5.74) is 2.37. The van der Waals surface area contributed by atoms with E-state index in [0.29, 0.717) is 11.3 Å². The Morgan fingerprint density at radius 1 is 0.962 bits per heavy atom. The summed E-state index contributed by atoms with van der Waals surface area (Å²) in [7, 11) is -3.19. The van der Waals surface area contributed by atoms with Crippen LogP contribution in [-0.2, 0) is 26.5 Å². The van der Waals surface area contributed by atoms with Crippen molar-refractivity contribution in [3.63, 3.8) is 0 Å². The Morgan fingerprint density at radius 2 is 1.46 bits per heavy atom. The third-order valence-electron chi connectivity index (χ3n) is 3.80. The van der Waals surface area contributed by atoms with Gasteiger partial charge in [-0.15, -0.1) is 0 Å². The van der Waals surface area contributed by atoms with Gasteiger partial charge in [0.2, 0.25) is 0 Å². The number of carboxylic acid groups (broad SMARTS) is 1. The van der Waals surface area contributed by atoms with Gasteiger partial charge in [0, 0.05) is 6.92 Å². The van der Waals surface area contributed by atoms with Gasteiger partial charge in [-0.1, -0.05) is 63.2 Å². The van der Waals surface area contributed by atoms with Gasteiger partial charge >= 0.3 is 0 Å². The monoisotopic (exact) mass is 376 g/mol. The fraction of sp³-hybridized carbons (Fsp3) is 0.381. The molecule has 0 atom stereocenters. The van der Waals surface area contributed by atoms with E-state index in [0.717, 1.165) is 18.9 Å². The minimum absolute atomic E-state index is 0.0373. The molecule has 142 valence electrons. The van der Waals surface area contributed by atoms with Gasteiger partial charge in [0.25, 0.3) is 5.97 Å². The molecule has 0 aliphatic heterocycles. The first-order chi connectivity index (χ1) is 12.0. The number of hydrogen-bond donors (Lipinski definition) is 1. The summed E-state index contributed by atoms with van der Waals surface area (Å²) in [6.07, 6.45) is 1.44. The molecule has 1 N–H and O–H groups in total. The summed E-state index contributed by atoms with van der Waals surface area (Å²) in [6.45, 7) is 7.45. The van der Waals surface area contributed by atoms with Crippen molar-refractivity contribution >= 4 is 15.8 Å². The second kappa shape index (κ2) is 9.53. The molecular weight excluding hydrogens is 348 g/mol. The Balaban J connectivity index is 0.000000765. The van der Waals surface area contributed by atoms with Crippen molar-refractivity contribution < 1.29 is 18.3 Å². The SMILES string of the molecule is CC(=O)O.CC(C)(C)c1ccc(S(=O)(=O)CCCc2ccccc2)cc1. The fourth-order valence-corrected chi connectivity index (χ4v) is 3.70. The summed E-state index contributed by atoms with van der Waals surface area (Å²) in [5.74, 6) is -0.642. The predicted octanol–water partition coefficient (Wildman–Crippen LogP) is 4.48. The van der Waals surface area contributed by atoms with Crippen LogP contribution in [0.4, 0.5) is 0 Å². The van der Waals surface area contributed by atoms with Gasteiger partial charge in [-0.25, -0.2) is 8.42 Å². The number of sulfone groups is 1. The van der Waals surface area contributed by atoms with Gasteiger partial charge in [-0.05, 0) is 41.5 Å². The molecule has 0 saturated carbocycles. The minimum atomic E-state index is -3.19. The number of benzene rings is 2. The van der Waals surface area contributed by atoms with Crippen LogP contribution in [0.2, 0.25) is 0 Å². The van der Waals surface area contributed by atoms with E-state index in [1.807, 2.05) is 42.5 Å². The zero-order valence-corrected chi connectivity index (χ0v) is 16.7. The van der Waals surface area contributed by atoms with Crippen LogP contribution in [0.3, 0.4) is 0 Å². The average Bonchev–Trinajstić information content (AvgIpc) is 2.54. The minimum Gasteiger partial charge on any atom is -0.481 e. The predicted molar refractivity (Wildman–Crippen MR) is 105 cm³/mol. The summed E-state index contributed by atoms with van der Waals surface area (Å²) in [4.78, 5) is 9.42. The molecule has 2 aromatic rings. The van der Waals surface area contributed by atoms with Crippen LogP contribution >= 0.6 is 0 Å². The second-order valence-corrected chi connectivity index (χ2v) is 9.31. The topological polar surface area (TPSA) is 71.4 Å². The smallest absolute Gasteiger partial charge is 0.300 e. The molecule has 0 bridgehead atoms. The molecule has 0 aliphatic rings. The van der Waals surface area contributed by atoms with E-state index in [2.05, 4.69) is 20.8 Å². The van der Waals surface area contributed by atoms with Crippen LogP contribution in [0.5, 0.6) is 0 Å².